The molecular formula is C18H16F2N2O3. The average Bonchev–Trinajstić information content (AvgIpc) is 3.40. The standard InChI is InChI=1S/C18H16F2N2O3/c19-18(20)25-15-8-6-12(7-9-15)17(24)22-14-3-1-2-13(10-14)21-16(23)11-4-5-11/h1-3,6-11,18H,4-5H2,(H,21,23)(H,22,24). The van der Waals surface area contributed by atoms with E-state index in [2.05, 4.69) is 15.4 Å². The lowest BCUT2D eigenvalue weighted by Crippen LogP contribution is -2.14. The molecule has 0 spiro atoms. The number of benzene rings is 2. The van der Waals surface area contributed by atoms with E-state index in [-0.39, 0.29) is 17.6 Å². The Morgan fingerprint density at radius 1 is 1.00 bits per heavy atom. The SMILES string of the molecule is O=C(Nc1cccc(NC(=O)C2CC2)c1)c1ccc(OC(F)F)cc1. The smallest absolute Gasteiger partial charge is 0.387 e. The molecule has 2 amide bonds. The maximum atomic E-state index is 12.2. The third kappa shape index (κ3) is 4.76. The molecule has 1 fully saturated rings. The second-order valence-corrected chi connectivity index (χ2v) is 5.70. The van der Waals surface area contributed by atoms with E-state index in [9.17, 15) is 18.4 Å². The van der Waals surface area contributed by atoms with Gasteiger partial charge in [-0.15, -0.1) is 0 Å². The number of ether oxygens (including phenoxy) is 1. The minimum Gasteiger partial charge on any atom is -0.435 e. The highest BCUT2D eigenvalue weighted by molar-refractivity contribution is 6.04. The summed E-state index contributed by atoms with van der Waals surface area (Å²) in [5, 5.41) is 5.50. The van der Waals surface area contributed by atoms with Crippen LogP contribution in [0.4, 0.5) is 20.2 Å². The zero-order valence-corrected chi connectivity index (χ0v) is 13.2. The van der Waals surface area contributed by atoms with Crippen LogP contribution in [-0.2, 0) is 4.79 Å². The molecule has 2 aromatic rings. The van der Waals surface area contributed by atoms with Crippen molar-refractivity contribution >= 4 is 23.2 Å². The van der Waals surface area contributed by atoms with Crippen molar-refractivity contribution in [1.29, 1.82) is 0 Å². The fraction of sp³-hybridized carbons (Fsp3) is 0.222. The predicted molar refractivity (Wildman–Crippen MR) is 88.8 cm³/mol. The van der Waals surface area contributed by atoms with E-state index in [0.29, 0.717) is 16.9 Å². The summed E-state index contributed by atoms with van der Waals surface area (Å²) in [7, 11) is 0. The van der Waals surface area contributed by atoms with E-state index in [0.717, 1.165) is 12.8 Å². The highest BCUT2D eigenvalue weighted by Crippen LogP contribution is 2.30. The lowest BCUT2D eigenvalue weighted by atomic mass is 10.2. The molecule has 7 heteroatoms. The Kier molecular flexibility index (Phi) is 4.92. The maximum absolute atomic E-state index is 12.2. The molecule has 0 radical (unpaired) electrons. The van der Waals surface area contributed by atoms with Gasteiger partial charge in [0.05, 0.1) is 0 Å². The number of carbonyl (C=O) groups excluding carboxylic acids is 2. The summed E-state index contributed by atoms with van der Waals surface area (Å²) in [6.45, 7) is -2.91. The number of alkyl halides is 2. The number of carbonyl (C=O) groups is 2. The highest BCUT2D eigenvalue weighted by atomic mass is 19.3. The number of hydrogen-bond acceptors (Lipinski definition) is 3. The number of hydrogen-bond donors (Lipinski definition) is 2. The van der Waals surface area contributed by atoms with Crippen LogP contribution >= 0.6 is 0 Å². The summed E-state index contributed by atoms with van der Waals surface area (Å²) in [5.74, 6) is -0.337. The minimum atomic E-state index is -2.91. The van der Waals surface area contributed by atoms with Gasteiger partial charge in [-0.05, 0) is 55.3 Å². The molecular weight excluding hydrogens is 330 g/mol. The van der Waals surface area contributed by atoms with Crippen LogP contribution in [0.3, 0.4) is 0 Å². The van der Waals surface area contributed by atoms with E-state index >= 15 is 0 Å². The first-order valence-electron chi connectivity index (χ1n) is 7.78. The first-order valence-corrected chi connectivity index (χ1v) is 7.78. The van der Waals surface area contributed by atoms with Crippen LogP contribution in [0.25, 0.3) is 0 Å². The number of anilines is 2. The van der Waals surface area contributed by atoms with Crippen LogP contribution in [0.2, 0.25) is 0 Å². The summed E-state index contributed by atoms with van der Waals surface area (Å²) in [4.78, 5) is 24.0. The van der Waals surface area contributed by atoms with Crippen molar-refractivity contribution in [3.8, 4) is 5.75 Å². The topological polar surface area (TPSA) is 67.4 Å². The summed E-state index contributed by atoms with van der Waals surface area (Å²) < 4.78 is 28.5. The van der Waals surface area contributed by atoms with E-state index < -0.39 is 12.5 Å². The summed E-state index contributed by atoms with van der Waals surface area (Å²) in [6, 6.07) is 12.2. The molecule has 1 aliphatic carbocycles. The Hall–Kier alpha value is -2.96. The molecule has 0 saturated heterocycles. The van der Waals surface area contributed by atoms with Crippen molar-refractivity contribution in [2.45, 2.75) is 19.5 Å². The molecule has 0 aliphatic heterocycles. The third-order valence-corrected chi connectivity index (χ3v) is 3.68. The number of nitrogens with one attached hydrogen (secondary N) is 2. The second-order valence-electron chi connectivity index (χ2n) is 5.70. The van der Waals surface area contributed by atoms with Gasteiger partial charge in [0.1, 0.15) is 5.75 Å². The summed E-state index contributed by atoms with van der Waals surface area (Å²) in [6.07, 6.45) is 1.82. The molecule has 1 aliphatic rings. The molecule has 2 N–H and O–H groups in total. The van der Waals surface area contributed by atoms with E-state index in [1.165, 1.54) is 24.3 Å². The van der Waals surface area contributed by atoms with Gasteiger partial charge in [-0.25, -0.2) is 0 Å². The van der Waals surface area contributed by atoms with Gasteiger partial charge in [0.25, 0.3) is 5.91 Å². The molecule has 1 saturated carbocycles. The Morgan fingerprint density at radius 2 is 1.64 bits per heavy atom. The molecule has 5 nitrogen and oxygen atoms in total. The van der Waals surface area contributed by atoms with Crippen LogP contribution in [-0.4, -0.2) is 18.4 Å². The van der Waals surface area contributed by atoms with Crippen molar-refractivity contribution in [2.24, 2.45) is 5.92 Å². The van der Waals surface area contributed by atoms with Gasteiger partial charge in [0.2, 0.25) is 5.91 Å². The molecule has 0 bridgehead atoms. The molecule has 0 aromatic heterocycles. The lowest BCUT2D eigenvalue weighted by Gasteiger charge is -2.09. The zero-order valence-electron chi connectivity index (χ0n) is 13.2. The first-order chi connectivity index (χ1) is 12.0. The van der Waals surface area contributed by atoms with Crippen molar-refractivity contribution in [3.63, 3.8) is 0 Å². The van der Waals surface area contributed by atoms with Crippen molar-refractivity contribution in [2.75, 3.05) is 10.6 Å². The van der Waals surface area contributed by atoms with Crippen molar-refractivity contribution in [3.05, 3.63) is 54.1 Å². The number of halogens is 2. The molecule has 0 heterocycles. The summed E-state index contributed by atoms with van der Waals surface area (Å²) in [5.41, 5.74) is 1.43. The monoisotopic (exact) mass is 346 g/mol. The van der Waals surface area contributed by atoms with E-state index in [1.54, 1.807) is 24.3 Å². The van der Waals surface area contributed by atoms with Gasteiger partial charge in [-0.3, -0.25) is 9.59 Å². The first kappa shape index (κ1) is 16.9. The third-order valence-electron chi connectivity index (χ3n) is 3.68. The number of amides is 2. The van der Waals surface area contributed by atoms with Crippen molar-refractivity contribution < 1.29 is 23.1 Å². The van der Waals surface area contributed by atoms with E-state index in [4.69, 9.17) is 0 Å². The van der Waals surface area contributed by atoms with Crippen LogP contribution in [0.5, 0.6) is 5.75 Å². The highest BCUT2D eigenvalue weighted by Gasteiger charge is 2.29. The Labute approximate surface area is 143 Å². The second kappa shape index (κ2) is 7.29. The maximum Gasteiger partial charge on any atom is 0.387 e. The van der Waals surface area contributed by atoms with Crippen LogP contribution in [0, 0.1) is 5.92 Å². The normalized spacial score (nSPS) is 13.4. The predicted octanol–water partition coefficient (Wildman–Crippen LogP) is 3.89. The zero-order chi connectivity index (χ0) is 17.8. The fourth-order valence-electron chi connectivity index (χ4n) is 2.26. The average molecular weight is 346 g/mol. The molecule has 25 heavy (non-hydrogen) atoms. The minimum absolute atomic E-state index is 0.0157. The Bertz CT molecular complexity index is 774. The van der Waals surface area contributed by atoms with E-state index in [1.807, 2.05) is 0 Å². The molecule has 130 valence electrons. The Morgan fingerprint density at radius 3 is 2.24 bits per heavy atom. The van der Waals surface area contributed by atoms with Crippen LogP contribution in [0.1, 0.15) is 23.2 Å². The van der Waals surface area contributed by atoms with Gasteiger partial charge < -0.3 is 15.4 Å². The largest absolute Gasteiger partial charge is 0.435 e. The molecule has 0 unspecified atom stereocenters. The van der Waals surface area contributed by atoms with Crippen LogP contribution < -0.4 is 15.4 Å². The lowest BCUT2D eigenvalue weighted by molar-refractivity contribution is -0.117. The quantitative estimate of drug-likeness (QED) is 0.834. The summed E-state index contributed by atoms with van der Waals surface area (Å²) >= 11 is 0. The molecule has 2 aromatic carbocycles. The molecule has 0 atom stereocenters. The number of rotatable bonds is 6. The van der Waals surface area contributed by atoms with Gasteiger partial charge >= 0.3 is 6.61 Å². The van der Waals surface area contributed by atoms with Gasteiger partial charge in [0.15, 0.2) is 0 Å². The van der Waals surface area contributed by atoms with Gasteiger partial charge in [0, 0.05) is 22.9 Å². The Balaban J connectivity index is 1.63. The van der Waals surface area contributed by atoms with Crippen molar-refractivity contribution in [1.82, 2.24) is 0 Å². The molecule has 3 rings (SSSR count). The fourth-order valence-corrected chi connectivity index (χ4v) is 2.26. The van der Waals surface area contributed by atoms with Gasteiger partial charge in [-0.2, -0.15) is 8.78 Å². The van der Waals surface area contributed by atoms with Gasteiger partial charge in [-0.1, -0.05) is 6.07 Å². The van der Waals surface area contributed by atoms with Crippen LogP contribution in [0.15, 0.2) is 48.5 Å².